The van der Waals surface area contributed by atoms with Gasteiger partial charge in [0.15, 0.2) is 17.0 Å². The summed E-state index contributed by atoms with van der Waals surface area (Å²) in [6.45, 7) is 7.51. The highest BCUT2D eigenvalue weighted by Gasteiger charge is 2.65. The van der Waals surface area contributed by atoms with E-state index in [1.165, 1.54) is 10.9 Å². The van der Waals surface area contributed by atoms with Gasteiger partial charge in [0.05, 0.1) is 6.33 Å². The maximum Gasteiger partial charge on any atom is 0.603 e. The number of ether oxygens (including phenoxy) is 2. The number of anilines is 1. The average molecular weight is 522 g/mol. The van der Waals surface area contributed by atoms with Gasteiger partial charge in [-0.15, -0.1) is 0 Å². The van der Waals surface area contributed by atoms with E-state index in [1.54, 1.807) is 48.6 Å². The molecule has 0 aliphatic carbocycles. The summed E-state index contributed by atoms with van der Waals surface area (Å²) in [5.74, 6) is -1.12. The van der Waals surface area contributed by atoms with E-state index in [4.69, 9.17) is 18.8 Å². The van der Waals surface area contributed by atoms with Gasteiger partial charge in [-0.05, 0) is 41.5 Å². The summed E-state index contributed by atoms with van der Waals surface area (Å²) in [4.78, 5) is 63.7. The van der Waals surface area contributed by atoms with Crippen LogP contribution in [0, 0.1) is 0 Å². The molecule has 2 aromatic heterocycles. The molecular weight excluding hydrogens is 491 g/mol. The number of aromatic nitrogens is 4. The fourth-order valence-electron chi connectivity index (χ4n) is 4.24. The van der Waals surface area contributed by atoms with Gasteiger partial charge in [-0.1, -0.05) is 0 Å². The predicted molar refractivity (Wildman–Crippen MR) is 128 cm³/mol. The Morgan fingerprint density at radius 1 is 1.00 bits per heavy atom. The summed E-state index contributed by atoms with van der Waals surface area (Å²) in [5, 5.41) is 0. The monoisotopic (exact) mass is 522 g/mol. The molecule has 4 rings (SSSR count). The van der Waals surface area contributed by atoms with Crippen molar-refractivity contribution in [2.24, 2.45) is 0 Å². The van der Waals surface area contributed by atoms with E-state index in [0.717, 1.165) is 6.33 Å². The zero-order valence-electron chi connectivity index (χ0n) is 21.8. The smallest absolute Gasteiger partial charge is 0.599 e. The molecule has 0 radical (unpaired) electrons. The Balaban J connectivity index is 0.00000380. The quantitative estimate of drug-likeness (QED) is 0.518. The van der Waals surface area contributed by atoms with Crippen LogP contribution in [-0.2, 0) is 34.8 Å². The Kier molecular flexibility index (Phi) is 6.73. The third kappa shape index (κ3) is 5.20. The molecular formula is C21H31BN6O9. The highest BCUT2D eigenvalue weighted by atomic mass is 16.7. The molecule has 37 heavy (non-hydrogen) atoms. The second-order valence-electron chi connectivity index (χ2n) is 11.2. The first-order chi connectivity index (χ1) is 16.5. The number of nitrogens with zero attached hydrogens (tertiary/aromatic N) is 6. The molecule has 0 unspecified atom stereocenters. The van der Waals surface area contributed by atoms with Gasteiger partial charge in [0.25, 0.3) is 0 Å². The van der Waals surface area contributed by atoms with Gasteiger partial charge < -0.3 is 33.2 Å². The first-order valence-electron chi connectivity index (χ1n) is 11.4. The number of quaternary nitrogens is 1. The van der Waals surface area contributed by atoms with Gasteiger partial charge in [-0.2, -0.15) is 4.90 Å². The number of rotatable bonds is 3. The van der Waals surface area contributed by atoms with E-state index < -0.39 is 42.0 Å². The molecule has 2 amide bonds. The molecule has 2 aromatic rings. The molecule has 4 heterocycles. The number of carbonyl (C=O) groups is 4. The number of hydrogen-bond acceptors (Lipinski definition) is 11. The number of imide groups is 1. The number of carbonyl (C=O) groups excluding carboxylic acids is 4. The van der Waals surface area contributed by atoms with Crippen molar-refractivity contribution in [1.82, 2.24) is 19.5 Å². The number of imidazole rings is 1. The highest BCUT2D eigenvalue weighted by molar-refractivity contribution is 6.65. The van der Waals surface area contributed by atoms with E-state index in [-0.39, 0.29) is 46.4 Å². The first kappa shape index (κ1) is 27.8. The largest absolute Gasteiger partial charge is 0.603 e. The van der Waals surface area contributed by atoms with Crippen molar-refractivity contribution in [3.8, 4) is 0 Å². The van der Waals surface area contributed by atoms with Gasteiger partial charge in [-0.3, -0.25) is 9.59 Å². The zero-order valence-corrected chi connectivity index (χ0v) is 21.8. The Hall–Kier alpha value is -3.79. The van der Waals surface area contributed by atoms with E-state index in [2.05, 4.69) is 15.0 Å². The fraction of sp³-hybridized carbons (Fsp3) is 0.571. The molecule has 2 aliphatic rings. The van der Waals surface area contributed by atoms with E-state index in [0.29, 0.717) is 4.90 Å². The second-order valence-corrected chi connectivity index (χ2v) is 11.2. The molecule has 2 saturated heterocycles. The minimum absolute atomic E-state index is 0. The number of amides is 2. The van der Waals surface area contributed by atoms with Crippen LogP contribution >= 0.6 is 0 Å². The van der Waals surface area contributed by atoms with Crippen molar-refractivity contribution < 1.29 is 47.8 Å². The lowest BCUT2D eigenvalue weighted by molar-refractivity contribution is -0.794. The van der Waals surface area contributed by atoms with Gasteiger partial charge in [-0.25, -0.2) is 24.5 Å². The number of likely N-dealkylation sites (N-methyl/N-ethyl adjacent to an activating group) is 1. The first-order valence-corrected chi connectivity index (χ1v) is 11.4. The van der Waals surface area contributed by atoms with Gasteiger partial charge in [0, 0.05) is 13.5 Å². The van der Waals surface area contributed by atoms with Crippen molar-refractivity contribution in [3.63, 3.8) is 0 Å². The standard InChI is InChI=1S/C21H29BN6O8.H2O/c1-20(2,3)33-18(31)27(19(32)34-21(4,5)6)17-15-16(23-11-24-17)26(12-25-15)10-22-28(7,8-13(29)35-22)9-14(30)36-22;/h11-12H,8-10H2,1-7H3;1H2. The van der Waals surface area contributed by atoms with Crippen molar-refractivity contribution in [2.75, 3.05) is 25.0 Å². The van der Waals surface area contributed by atoms with Crippen LogP contribution in [0.25, 0.3) is 11.2 Å². The predicted octanol–water partition coefficient (Wildman–Crippen LogP) is 0.717. The molecule has 202 valence electrons. The summed E-state index contributed by atoms with van der Waals surface area (Å²) in [6, 6.07) is 0. The molecule has 15 nitrogen and oxygen atoms in total. The number of hydrogen-bond donors (Lipinski definition) is 0. The number of fused-ring (bicyclic) bond motifs is 2. The Bertz CT molecular complexity index is 1220. The van der Waals surface area contributed by atoms with Crippen molar-refractivity contribution in [2.45, 2.75) is 59.2 Å². The third-order valence-corrected chi connectivity index (χ3v) is 5.73. The fourth-order valence-corrected chi connectivity index (χ4v) is 4.24. The lowest BCUT2D eigenvalue weighted by Gasteiger charge is -2.39. The summed E-state index contributed by atoms with van der Waals surface area (Å²) >= 11 is 0. The zero-order chi connectivity index (χ0) is 26.7. The van der Waals surface area contributed by atoms with Crippen LogP contribution < -0.4 is 4.90 Å². The van der Waals surface area contributed by atoms with Crippen LogP contribution in [0.4, 0.5) is 15.4 Å². The summed E-state index contributed by atoms with van der Waals surface area (Å²) in [6.07, 6.45) is 0.461. The van der Waals surface area contributed by atoms with Crippen LogP contribution in [0.15, 0.2) is 12.7 Å². The van der Waals surface area contributed by atoms with E-state index in [9.17, 15) is 19.2 Å². The molecule has 0 saturated carbocycles. The maximum atomic E-state index is 13.1. The summed E-state index contributed by atoms with van der Waals surface area (Å²) in [7, 11) is 1.71. The molecule has 16 heteroatoms. The maximum absolute atomic E-state index is 13.1. The second kappa shape index (κ2) is 8.95. The molecule has 0 spiro atoms. The van der Waals surface area contributed by atoms with Crippen molar-refractivity contribution in [3.05, 3.63) is 12.7 Å². The lowest BCUT2D eigenvalue weighted by Crippen LogP contribution is -2.62. The van der Waals surface area contributed by atoms with E-state index >= 15 is 0 Å². The van der Waals surface area contributed by atoms with Gasteiger partial charge >= 0.3 is 30.8 Å². The summed E-state index contributed by atoms with van der Waals surface area (Å²) in [5.41, 5.74) is -1.52. The van der Waals surface area contributed by atoms with Crippen LogP contribution in [0.3, 0.4) is 0 Å². The van der Waals surface area contributed by atoms with Crippen LogP contribution in [0.5, 0.6) is 0 Å². The summed E-state index contributed by atoms with van der Waals surface area (Å²) < 4.78 is 23.4. The molecule has 2 aliphatic heterocycles. The lowest BCUT2D eigenvalue weighted by atomic mass is 9.68. The SMILES string of the molecule is CC(C)(C)OC(=O)N(C(=O)OC(C)(C)C)c1ncnc2c1ncn2C[B-]12OC(=O)C[N+]1(C)CC(=O)O2.O. The van der Waals surface area contributed by atoms with Crippen LogP contribution in [0.1, 0.15) is 41.5 Å². The third-order valence-electron chi connectivity index (χ3n) is 5.73. The van der Waals surface area contributed by atoms with E-state index in [1.807, 2.05) is 0 Å². The van der Waals surface area contributed by atoms with Crippen molar-refractivity contribution in [1.29, 1.82) is 0 Å². The Morgan fingerprint density at radius 2 is 1.51 bits per heavy atom. The molecule has 0 aromatic carbocycles. The van der Waals surface area contributed by atoms with Gasteiger partial charge in [0.1, 0.15) is 30.6 Å². The molecule has 0 bridgehead atoms. The Labute approximate surface area is 212 Å². The highest BCUT2D eigenvalue weighted by Crippen LogP contribution is 2.36. The Morgan fingerprint density at radius 3 is 2.00 bits per heavy atom. The normalized spacial score (nSPS) is 23.1. The van der Waals surface area contributed by atoms with Gasteiger partial charge in [0.2, 0.25) is 0 Å². The molecule has 0 atom stereocenters. The van der Waals surface area contributed by atoms with Crippen molar-refractivity contribution >= 4 is 47.8 Å². The van der Waals surface area contributed by atoms with Crippen LogP contribution in [-0.4, -0.2) is 91.5 Å². The molecule has 2 fully saturated rings. The van der Waals surface area contributed by atoms with Crippen LogP contribution in [0.2, 0.25) is 0 Å². The minimum atomic E-state index is -2.42. The average Bonchev–Trinajstić information content (AvgIpc) is 3.25. The molecule has 2 N–H and O–H groups in total. The minimum Gasteiger partial charge on any atom is -0.599 e. The topological polar surface area (TPSA) is 184 Å².